The number of nitrogens with one attached hydrogen (secondary N) is 1. The normalized spacial score (nSPS) is 12.9. The molecule has 0 bridgehead atoms. The van der Waals surface area contributed by atoms with Crippen molar-refractivity contribution >= 4 is 11.6 Å². The number of carbonyl (C=O) groups excluding carboxylic acids is 1. The van der Waals surface area contributed by atoms with Crippen LogP contribution in [0.25, 0.3) is 0 Å². The third kappa shape index (κ3) is 5.32. The molecular formula is C22H25N3O2. The summed E-state index contributed by atoms with van der Waals surface area (Å²) in [7, 11) is 0. The molecule has 0 unspecified atom stereocenters. The Morgan fingerprint density at radius 2 is 2.11 bits per heavy atom. The van der Waals surface area contributed by atoms with Gasteiger partial charge in [-0.3, -0.25) is 4.79 Å². The molecule has 2 aromatic rings. The van der Waals surface area contributed by atoms with E-state index >= 15 is 0 Å². The van der Waals surface area contributed by atoms with Crippen LogP contribution in [0.4, 0.5) is 5.69 Å². The number of carbonyl (C=O) groups is 1. The van der Waals surface area contributed by atoms with Crippen LogP contribution in [0.5, 0.6) is 5.75 Å². The van der Waals surface area contributed by atoms with Crippen LogP contribution >= 0.6 is 0 Å². The number of aryl methyl sites for hydroxylation is 1. The van der Waals surface area contributed by atoms with Gasteiger partial charge in [-0.15, -0.1) is 0 Å². The predicted molar refractivity (Wildman–Crippen MR) is 106 cm³/mol. The summed E-state index contributed by atoms with van der Waals surface area (Å²) in [5.41, 5.74) is 3.36. The van der Waals surface area contributed by atoms with Crippen LogP contribution < -0.4 is 15.0 Å². The number of hydrogen-bond acceptors (Lipinski definition) is 4. The summed E-state index contributed by atoms with van der Waals surface area (Å²) in [6, 6.07) is 18.1. The van der Waals surface area contributed by atoms with E-state index in [1.165, 1.54) is 5.56 Å². The van der Waals surface area contributed by atoms with Crippen LogP contribution in [-0.2, 0) is 17.8 Å². The molecule has 1 N–H and O–H groups in total. The number of anilines is 1. The second kappa shape index (κ2) is 9.75. The lowest BCUT2D eigenvalue weighted by Crippen LogP contribution is -2.41. The van der Waals surface area contributed by atoms with Crippen molar-refractivity contribution in [1.29, 1.82) is 5.26 Å². The molecule has 0 fully saturated rings. The van der Waals surface area contributed by atoms with E-state index in [0.29, 0.717) is 26.1 Å². The summed E-state index contributed by atoms with van der Waals surface area (Å²) in [4.78, 5) is 14.5. The van der Waals surface area contributed by atoms with Gasteiger partial charge in [0.25, 0.3) is 0 Å². The van der Waals surface area contributed by atoms with Crippen LogP contribution in [0.3, 0.4) is 0 Å². The molecule has 0 atom stereocenters. The van der Waals surface area contributed by atoms with Crippen molar-refractivity contribution in [2.24, 2.45) is 0 Å². The van der Waals surface area contributed by atoms with E-state index in [1.807, 2.05) is 47.4 Å². The topological polar surface area (TPSA) is 65.4 Å². The Balaban J connectivity index is 1.49. The number of benzene rings is 2. The summed E-state index contributed by atoms with van der Waals surface area (Å²) >= 11 is 0. The molecular weight excluding hydrogens is 338 g/mol. The highest BCUT2D eigenvalue weighted by atomic mass is 16.5. The van der Waals surface area contributed by atoms with Crippen molar-refractivity contribution in [2.45, 2.75) is 32.2 Å². The highest BCUT2D eigenvalue weighted by Crippen LogP contribution is 2.26. The standard InChI is InChI=1S/C22H25N3O2/c23-12-3-4-14-27-20-10-5-7-18(15-20)16-24-17-22(26)25-13-6-9-19-8-1-2-11-21(19)25/h1-2,5,7-8,10-11,15,24H,3-4,6,9,13-14,16-17H2. The molecule has 5 nitrogen and oxygen atoms in total. The fourth-order valence-electron chi connectivity index (χ4n) is 3.29. The molecule has 27 heavy (non-hydrogen) atoms. The first-order valence-corrected chi connectivity index (χ1v) is 9.45. The van der Waals surface area contributed by atoms with Crippen LogP contribution in [0.15, 0.2) is 48.5 Å². The first-order chi connectivity index (χ1) is 13.3. The summed E-state index contributed by atoms with van der Waals surface area (Å²) in [6.07, 6.45) is 3.27. The number of amides is 1. The molecule has 2 aromatic carbocycles. The van der Waals surface area contributed by atoms with Gasteiger partial charge in [0, 0.05) is 25.2 Å². The third-order valence-corrected chi connectivity index (χ3v) is 4.62. The average Bonchev–Trinajstić information content (AvgIpc) is 2.71. The number of ether oxygens (including phenoxy) is 1. The second-order valence-corrected chi connectivity index (χ2v) is 6.64. The van der Waals surface area contributed by atoms with Crippen LogP contribution in [0.1, 0.15) is 30.4 Å². The largest absolute Gasteiger partial charge is 0.494 e. The van der Waals surface area contributed by atoms with Crippen molar-refractivity contribution in [3.05, 3.63) is 59.7 Å². The zero-order valence-electron chi connectivity index (χ0n) is 15.5. The average molecular weight is 363 g/mol. The minimum absolute atomic E-state index is 0.103. The Morgan fingerprint density at radius 3 is 3.00 bits per heavy atom. The Hall–Kier alpha value is -2.84. The van der Waals surface area contributed by atoms with E-state index in [9.17, 15) is 4.79 Å². The summed E-state index contributed by atoms with van der Waals surface area (Å²) in [6.45, 7) is 2.24. The van der Waals surface area contributed by atoms with Gasteiger partial charge in [0.15, 0.2) is 0 Å². The second-order valence-electron chi connectivity index (χ2n) is 6.64. The van der Waals surface area contributed by atoms with Crippen LogP contribution in [-0.4, -0.2) is 25.6 Å². The molecule has 1 amide bonds. The first-order valence-electron chi connectivity index (χ1n) is 9.45. The molecule has 0 aliphatic carbocycles. The van der Waals surface area contributed by atoms with Gasteiger partial charge in [0.05, 0.1) is 19.2 Å². The Morgan fingerprint density at radius 1 is 1.22 bits per heavy atom. The molecule has 0 saturated heterocycles. The lowest BCUT2D eigenvalue weighted by molar-refractivity contribution is -0.117. The minimum atomic E-state index is 0.103. The molecule has 0 radical (unpaired) electrons. The number of nitrogens with zero attached hydrogens (tertiary/aromatic N) is 2. The number of para-hydroxylation sites is 1. The maximum atomic E-state index is 12.6. The SMILES string of the molecule is N#CCCCOc1cccc(CNCC(=O)N2CCCc3ccccc32)c1. The minimum Gasteiger partial charge on any atom is -0.494 e. The van der Waals surface area contributed by atoms with Crippen molar-refractivity contribution in [3.63, 3.8) is 0 Å². The molecule has 0 saturated carbocycles. The number of unbranched alkanes of at least 4 members (excludes halogenated alkanes) is 1. The number of hydrogen-bond donors (Lipinski definition) is 1. The number of nitriles is 1. The monoisotopic (exact) mass is 363 g/mol. The fourth-order valence-corrected chi connectivity index (χ4v) is 3.29. The molecule has 140 valence electrons. The molecule has 1 aliphatic rings. The molecule has 0 spiro atoms. The summed E-state index contributed by atoms with van der Waals surface area (Å²) < 4.78 is 5.66. The van der Waals surface area contributed by atoms with E-state index in [4.69, 9.17) is 10.00 Å². The van der Waals surface area contributed by atoms with Gasteiger partial charge in [0.1, 0.15) is 5.75 Å². The van der Waals surface area contributed by atoms with Crippen molar-refractivity contribution in [3.8, 4) is 11.8 Å². The highest BCUT2D eigenvalue weighted by molar-refractivity contribution is 5.95. The van der Waals surface area contributed by atoms with Gasteiger partial charge in [-0.05, 0) is 48.6 Å². The van der Waals surface area contributed by atoms with E-state index in [1.54, 1.807) is 0 Å². The number of fused-ring (bicyclic) bond motifs is 1. The maximum Gasteiger partial charge on any atom is 0.240 e. The van der Waals surface area contributed by atoms with E-state index in [2.05, 4.69) is 17.5 Å². The van der Waals surface area contributed by atoms with Crippen LogP contribution in [0, 0.1) is 11.3 Å². The quantitative estimate of drug-likeness (QED) is 0.730. The van der Waals surface area contributed by atoms with Crippen molar-refractivity contribution in [1.82, 2.24) is 5.32 Å². The molecule has 5 heteroatoms. The highest BCUT2D eigenvalue weighted by Gasteiger charge is 2.21. The summed E-state index contributed by atoms with van der Waals surface area (Å²) in [5, 5.41) is 11.8. The van der Waals surface area contributed by atoms with Gasteiger partial charge in [-0.1, -0.05) is 30.3 Å². The van der Waals surface area contributed by atoms with Gasteiger partial charge >= 0.3 is 0 Å². The smallest absolute Gasteiger partial charge is 0.240 e. The zero-order chi connectivity index (χ0) is 18.9. The van der Waals surface area contributed by atoms with E-state index in [-0.39, 0.29) is 5.91 Å². The zero-order valence-corrected chi connectivity index (χ0v) is 15.5. The van der Waals surface area contributed by atoms with Crippen LogP contribution in [0.2, 0.25) is 0 Å². The van der Waals surface area contributed by atoms with Crippen molar-refractivity contribution < 1.29 is 9.53 Å². The van der Waals surface area contributed by atoms with Gasteiger partial charge in [0.2, 0.25) is 5.91 Å². The first kappa shape index (κ1) is 18.9. The maximum absolute atomic E-state index is 12.6. The Labute approximate surface area is 160 Å². The third-order valence-electron chi connectivity index (χ3n) is 4.62. The molecule has 1 heterocycles. The molecule has 0 aromatic heterocycles. The predicted octanol–water partition coefficient (Wildman–Crippen LogP) is 3.44. The summed E-state index contributed by atoms with van der Waals surface area (Å²) in [5.74, 6) is 0.898. The van der Waals surface area contributed by atoms with E-state index in [0.717, 1.165) is 42.8 Å². The number of rotatable bonds is 8. The fraction of sp³-hybridized carbons (Fsp3) is 0.364. The molecule has 1 aliphatic heterocycles. The van der Waals surface area contributed by atoms with Gasteiger partial charge < -0.3 is 15.0 Å². The molecule has 3 rings (SSSR count). The van der Waals surface area contributed by atoms with Gasteiger partial charge in [-0.2, -0.15) is 5.26 Å². The Kier molecular flexibility index (Phi) is 6.84. The lowest BCUT2D eigenvalue weighted by Gasteiger charge is -2.29. The van der Waals surface area contributed by atoms with Gasteiger partial charge in [-0.25, -0.2) is 0 Å². The Bertz CT molecular complexity index is 813. The van der Waals surface area contributed by atoms with Crippen molar-refractivity contribution in [2.75, 3.05) is 24.6 Å². The van der Waals surface area contributed by atoms with E-state index < -0.39 is 0 Å². The lowest BCUT2D eigenvalue weighted by atomic mass is 10.0.